The van der Waals surface area contributed by atoms with E-state index in [9.17, 15) is 4.79 Å². The van der Waals surface area contributed by atoms with E-state index in [-0.39, 0.29) is 11.9 Å². The molecule has 5 nitrogen and oxygen atoms in total. The summed E-state index contributed by atoms with van der Waals surface area (Å²) in [6, 6.07) is 8.60. The Balaban J connectivity index is 1.54. The zero-order chi connectivity index (χ0) is 19.7. The third-order valence-electron chi connectivity index (χ3n) is 6.63. The van der Waals surface area contributed by atoms with Crippen molar-refractivity contribution < 1.29 is 9.53 Å². The second kappa shape index (κ2) is 7.98. The lowest BCUT2D eigenvalue weighted by molar-refractivity contribution is 0.0251. The highest BCUT2D eigenvalue weighted by Gasteiger charge is 2.51. The smallest absolute Gasteiger partial charge is 0.254 e. The van der Waals surface area contributed by atoms with Gasteiger partial charge in [-0.1, -0.05) is 31.9 Å². The summed E-state index contributed by atoms with van der Waals surface area (Å²) < 4.78 is 7.20. The SMILES string of the molecule is CCCn1cc(C(=O)N[C@H]2C3CCCCC3[C@@H]2c2ccc(OC)cc2)c(C)n1. The van der Waals surface area contributed by atoms with Crippen molar-refractivity contribution in [3.8, 4) is 5.75 Å². The summed E-state index contributed by atoms with van der Waals surface area (Å²) in [7, 11) is 1.69. The van der Waals surface area contributed by atoms with Crippen molar-refractivity contribution in [1.82, 2.24) is 15.1 Å². The Labute approximate surface area is 167 Å². The van der Waals surface area contributed by atoms with Gasteiger partial charge in [0.15, 0.2) is 0 Å². The van der Waals surface area contributed by atoms with Crippen LogP contribution in [0.3, 0.4) is 0 Å². The van der Waals surface area contributed by atoms with Gasteiger partial charge >= 0.3 is 0 Å². The van der Waals surface area contributed by atoms with Crippen LogP contribution >= 0.6 is 0 Å². The fraction of sp³-hybridized carbons (Fsp3) is 0.565. The summed E-state index contributed by atoms with van der Waals surface area (Å²) in [5.41, 5.74) is 2.83. The normalized spacial score (nSPS) is 26.2. The molecule has 4 rings (SSSR count). The fourth-order valence-electron chi connectivity index (χ4n) is 5.26. The van der Waals surface area contributed by atoms with Gasteiger partial charge < -0.3 is 10.1 Å². The van der Waals surface area contributed by atoms with Crippen LogP contribution < -0.4 is 10.1 Å². The first kappa shape index (κ1) is 19.0. The molecule has 1 heterocycles. The number of ether oxygens (including phenoxy) is 1. The van der Waals surface area contributed by atoms with Gasteiger partial charge in [0.25, 0.3) is 5.91 Å². The number of nitrogens with one attached hydrogen (secondary N) is 1. The van der Waals surface area contributed by atoms with Crippen molar-refractivity contribution in [2.75, 3.05) is 7.11 Å². The van der Waals surface area contributed by atoms with Gasteiger partial charge in [0, 0.05) is 24.7 Å². The summed E-state index contributed by atoms with van der Waals surface area (Å²) in [4.78, 5) is 13.1. The number of nitrogens with zero attached hydrogens (tertiary/aromatic N) is 2. The van der Waals surface area contributed by atoms with Crippen LogP contribution in [0.25, 0.3) is 0 Å². The maximum absolute atomic E-state index is 13.1. The Morgan fingerprint density at radius 1 is 1.21 bits per heavy atom. The lowest BCUT2D eigenvalue weighted by Gasteiger charge is -2.55. The lowest BCUT2D eigenvalue weighted by Crippen LogP contribution is -2.59. The van der Waals surface area contributed by atoms with Crippen molar-refractivity contribution in [3.05, 3.63) is 47.3 Å². The van der Waals surface area contributed by atoms with Gasteiger partial charge in [-0.05, 0) is 55.7 Å². The maximum Gasteiger partial charge on any atom is 0.254 e. The molecule has 28 heavy (non-hydrogen) atoms. The number of amides is 1. The Morgan fingerprint density at radius 3 is 2.61 bits per heavy atom. The summed E-state index contributed by atoms with van der Waals surface area (Å²) in [5, 5.41) is 7.87. The molecule has 1 N–H and O–H groups in total. The molecule has 0 bridgehead atoms. The van der Waals surface area contributed by atoms with Crippen LogP contribution in [-0.4, -0.2) is 28.8 Å². The average Bonchev–Trinajstić information content (AvgIpc) is 3.07. The number of rotatable bonds is 6. The summed E-state index contributed by atoms with van der Waals surface area (Å²) >= 11 is 0. The number of carbonyl (C=O) groups is 1. The third-order valence-corrected chi connectivity index (χ3v) is 6.63. The van der Waals surface area contributed by atoms with Crippen molar-refractivity contribution in [2.45, 2.75) is 64.5 Å². The molecule has 0 radical (unpaired) electrons. The Bertz CT molecular complexity index is 827. The molecule has 0 saturated heterocycles. The molecule has 1 aromatic heterocycles. The predicted molar refractivity (Wildman–Crippen MR) is 110 cm³/mol. The number of aryl methyl sites for hydroxylation is 2. The lowest BCUT2D eigenvalue weighted by atomic mass is 9.53. The Hall–Kier alpha value is -2.30. The van der Waals surface area contributed by atoms with Crippen LogP contribution in [0.15, 0.2) is 30.5 Å². The number of fused-ring (bicyclic) bond motifs is 1. The molecule has 2 saturated carbocycles. The van der Waals surface area contributed by atoms with Gasteiger partial charge in [-0.2, -0.15) is 5.10 Å². The van der Waals surface area contributed by atoms with Crippen molar-refractivity contribution >= 4 is 5.91 Å². The number of methoxy groups -OCH3 is 1. The van der Waals surface area contributed by atoms with Crippen LogP contribution in [0, 0.1) is 18.8 Å². The van der Waals surface area contributed by atoms with Gasteiger partial charge in [-0.15, -0.1) is 0 Å². The summed E-state index contributed by atoms with van der Waals surface area (Å²) in [5.74, 6) is 2.56. The van der Waals surface area contributed by atoms with Gasteiger partial charge in [-0.3, -0.25) is 9.48 Å². The highest BCUT2D eigenvalue weighted by atomic mass is 16.5. The van der Waals surface area contributed by atoms with E-state index in [1.54, 1.807) is 7.11 Å². The van der Waals surface area contributed by atoms with E-state index in [1.165, 1.54) is 31.2 Å². The number of hydrogen-bond acceptors (Lipinski definition) is 3. The highest BCUT2D eigenvalue weighted by molar-refractivity contribution is 5.95. The number of aromatic nitrogens is 2. The zero-order valence-electron chi connectivity index (χ0n) is 17.1. The van der Waals surface area contributed by atoms with E-state index in [1.807, 2.05) is 29.9 Å². The van der Waals surface area contributed by atoms with Crippen molar-refractivity contribution in [1.29, 1.82) is 0 Å². The molecule has 2 unspecified atom stereocenters. The molecule has 2 aliphatic carbocycles. The molecule has 4 atom stereocenters. The third kappa shape index (κ3) is 3.43. The molecule has 2 aliphatic rings. The van der Waals surface area contributed by atoms with Crippen LogP contribution in [0.2, 0.25) is 0 Å². The van der Waals surface area contributed by atoms with Crippen LogP contribution in [-0.2, 0) is 6.54 Å². The van der Waals surface area contributed by atoms with E-state index in [2.05, 4.69) is 29.5 Å². The molecule has 2 aromatic rings. The molecular formula is C23H31N3O2. The summed E-state index contributed by atoms with van der Waals surface area (Å²) in [6.45, 7) is 4.89. The van der Waals surface area contributed by atoms with Gasteiger partial charge in [-0.25, -0.2) is 0 Å². The van der Waals surface area contributed by atoms with E-state index < -0.39 is 0 Å². The first-order valence-corrected chi connectivity index (χ1v) is 10.6. The number of benzene rings is 1. The van der Waals surface area contributed by atoms with Crippen molar-refractivity contribution in [2.24, 2.45) is 11.8 Å². The second-order valence-electron chi connectivity index (χ2n) is 8.30. The molecule has 0 aliphatic heterocycles. The van der Waals surface area contributed by atoms with Gasteiger partial charge in [0.05, 0.1) is 18.4 Å². The molecular weight excluding hydrogens is 350 g/mol. The standard InChI is InChI=1S/C23H31N3O2/c1-4-13-26-14-20(15(2)25-26)23(27)24-22-19-8-6-5-7-18(19)21(22)16-9-11-17(28-3)12-10-16/h9-12,14,18-19,21-22H,4-8,13H2,1-3H3,(H,24,27)/t18?,19?,21-,22-/m0/s1. The van der Waals surface area contributed by atoms with E-state index in [0.717, 1.165) is 24.4 Å². The van der Waals surface area contributed by atoms with E-state index in [4.69, 9.17) is 4.74 Å². The van der Waals surface area contributed by atoms with Gasteiger partial charge in [0.1, 0.15) is 5.75 Å². The van der Waals surface area contributed by atoms with Crippen LogP contribution in [0.5, 0.6) is 5.75 Å². The minimum Gasteiger partial charge on any atom is -0.497 e. The van der Waals surface area contributed by atoms with Crippen LogP contribution in [0.1, 0.15) is 66.6 Å². The van der Waals surface area contributed by atoms with E-state index in [0.29, 0.717) is 23.3 Å². The molecule has 1 amide bonds. The van der Waals surface area contributed by atoms with Crippen molar-refractivity contribution in [3.63, 3.8) is 0 Å². The summed E-state index contributed by atoms with van der Waals surface area (Å²) in [6.07, 6.45) is 7.97. The molecule has 1 aromatic carbocycles. The molecule has 5 heteroatoms. The first-order valence-electron chi connectivity index (χ1n) is 10.6. The topological polar surface area (TPSA) is 56.2 Å². The monoisotopic (exact) mass is 381 g/mol. The first-order chi connectivity index (χ1) is 13.6. The van der Waals surface area contributed by atoms with Crippen LogP contribution in [0.4, 0.5) is 0 Å². The number of carbonyl (C=O) groups excluding carboxylic acids is 1. The molecule has 2 fully saturated rings. The zero-order valence-corrected chi connectivity index (χ0v) is 17.1. The largest absolute Gasteiger partial charge is 0.497 e. The number of hydrogen-bond donors (Lipinski definition) is 1. The molecule has 0 spiro atoms. The second-order valence-corrected chi connectivity index (χ2v) is 8.30. The highest BCUT2D eigenvalue weighted by Crippen LogP contribution is 2.54. The van der Waals surface area contributed by atoms with E-state index >= 15 is 0 Å². The quantitative estimate of drug-likeness (QED) is 0.811. The molecule has 150 valence electrons. The minimum absolute atomic E-state index is 0.0207. The maximum atomic E-state index is 13.1. The van der Waals surface area contributed by atoms with Gasteiger partial charge in [0.2, 0.25) is 0 Å². The average molecular weight is 382 g/mol. The fourth-order valence-corrected chi connectivity index (χ4v) is 5.26. The predicted octanol–water partition coefficient (Wildman–Crippen LogP) is 4.31. The Morgan fingerprint density at radius 2 is 1.93 bits per heavy atom. The Kier molecular flexibility index (Phi) is 5.42. The minimum atomic E-state index is 0.0207.